The second-order valence-corrected chi connectivity index (χ2v) is 11.3. The van der Waals surface area contributed by atoms with E-state index in [1.165, 1.54) is 0 Å². The Labute approximate surface area is 197 Å². The Morgan fingerprint density at radius 1 is 1.27 bits per heavy atom. The zero-order chi connectivity index (χ0) is 24.5. The zero-order valence-corrected chi connectivity index (χ0v) is 20.8. The highest BCUT2D eigenvalue weighted by molar-refractivity contribution is 5.95. The van der Waals surface area contributed by atoms with Crippen molar-refractivity contribution in [2.45, 2.75) is 115 Å². The van der Waals surface area contributed by atoms with Gasteiger partial charge in [-0.3, -0.25) is 24.7 Å². The summed E-state index contributed by atoms with van der Waals surface area (Å²) in [7, 11) is 0. The Morgan fingerprint density at radius 2 is 1.97 bits per heavy atom. The minimum Gasteiger partial charge on any atom is -0.388 e. The van der Waals surface area contributed by atoms with Crippen molar-refractivity contribution in [2.24, 2.45) is 11.7 Å². The lowest BCUT2D eigenvalue weighted by Gasteiger charge is -2.33. The van der Waals surface area contributed by atoms with Gasteiger partial charge in [-0.2, -0.15) is 0 Å². The molecule has 5 atom stereocenters. The molecule has 5 N–H and O–H groups in total. The molecule has 0 radical (unpaired) electrons. The summed E-state index contributed by atoms with van der Waals surface area (Å²) in [5.41, 5.74) is 5.06. The predicted molar refractivity (Wildman–Crippen MR) is 128 cm³/mol. The van der Waals surface area contributed by atoms with E-state index in [4.69, 9.17) is 11.1 Å². The Morgan fingerprint density at radius 3 is 2.58 bits per heavy atom. The summed E-state index contributed by atoms with van der Waals surface area (Å²) in [6.07, 6.45) is 4.79. The van der Waals surface area contributed by atoms with Crippen molar-refractivity contribution in [3.63, 3.8) is 0 Å². The lowest BCUT2D eigenvalue weighted by atomic mass is 9.99. The van der Waals surface area contributed by atoms with Crippen molar-refractivity contribution >= 4 is 23.6 Å². The van der Waals surface area contributed by atoms with Crippen LogP contribution >= 0.6 is 0 Å². The van der Waals surface area contributed by atoms with Crippen molar-refractivity contribution in [3.05, 3.63) is 0 Å². The van der Waals surface area contributed by atoms with E-state index in [1.54, 1.807) is 0 Å². The van der Waals surface area contributed by atoms with Gasteiger partial charge in [0.05, 0.1) is 24.0 Å². The minimum atomic E-state index is -0.601. The monoisotopic (exact) mass is 462 g/mol. The molecule has 9 nitrogen and oxygen atoms in total. The normalized spacial score (nSPS) is 30.1. The van der Waals surface area contributed by atoms with Crippen LogP contribution in [0.5, 0.6) is 0 Å². The van der Waals surface area contributed by atoms with Crippen molar-refractivity contribution in [3.8, 4) is 0 Å². The van der Waals surface area contributed by atoms with E-state index in [1.807, 2.05) is 30.6 Å². The van der Waals surface area contributed by atoms with Gasteiger partial charge in [0, 0.05) is 12.0 Å². The first-order valence-electron chi connectivity index (χ1n) is 12.4. The van der Waals surface area contributed by atoms with Crippen LogP contribution in [0, 0.1) is 11.3 Å². The molecule has 3 aliphatic rings. The number of nitrogens with one attached hydrogen (secondary N) is 3. The van der Waals surface area contributed by atoms with Crippen LogP contribution in [-0.2, 0) is 14.4 Å². The van der Waals surface area contributed by atoms with Gasteiger partial charge in [-0.1, -0.05) is 20.3 Å². The molecule has 3 amide bonds. The highest BCUT2D eigenvalue weighted by atomic mass is 16.2. The first-order valence-corrected chi connectivity index (χ1v) is 12.4. The molecule has 3 aliphatic heterocycles. The summed E-state index contributed by atoms with van der Waals surface area (Å²) in [5, 5.41) is 13.5. The van der Waals surface area contributed by atoms with Gasteiger partial charge in [-0.05, 0) is 65.3 Å². The van der Waals surface area contributed by atoms with Gasteiger partial charge in [0.25, 0.3) is 0 Å². The molecule has 9 heteroatoms. The number of amides is 3. The van der Waals surface area contributed by atoms with Gasteiger partial charge in [0.2, 0.25) is 17.7 Å². The van der Waals surface area contributed by atoms with Crippen molar-refractivity contribution in [1.82, 2.24) is 20.4 Å². The number of nitrogens with zero attached hydrogens (tertiary/aromatic N) is 2. The molecule has 0 aliphatic carbocycles. The van der Waals surface area contributed by atoms with Crippen LogP contribution in [0.25, 0.3) is 0 Å². The molecule has 3 saturated heterocycles. The fraction of sp³-hybridized carbons (Fsp3) is 0.833. The molecule has 0 saturated carbocycles. The molecular formula is C24H42N6O3. The number of nitrogens with two attached hydrogens (primary N) is 1. The number of hydrogen-bond acceptors (Lipinski definition) is 5. The SMILES string of the molecule is CC(C)C[C@H]1[C@@H]2C(C(=O)NC(C)(C)C)N3CCC[C@@H]3C(=O)N[C@@H](CCCCC(=N)N)C(=O)N12. The highest BCUT2D eigenvalue weighted by Crippen LogP contribution is 2.41. The third-order valence-electron chi connectivity index (χ3n) is 6.80. The lowest BCUT2D eigenvalue weighted by molar-refractivity contribution is -0.134. The van der Waals surface area contributed by atoms with E-state index in [0.29, 0.717) is 44.6 Å². The second kappa shape index (κ2) is 9.99. The third kappa shape index (κ3) is 6.05. The van der Waals surface area contributed by atoms with Crippen LogP contribution in [0.4, 0.5) is 0 Å². The number of hydrogen-bond donors (Lipinski definition) is 4. The molecule has 3 heterocycles. The van der Waals surface area contributed by atoms with Crippen LogP contribution in [0.2, 0.25) is 0 Å². The van der Waals surface area contributed by atoms with Gasteiger partial charge in [0.1, 0.15) is 12.1 Å². The van der Waals surface area contributed by atoms with E-state index >= 15 is 0 Å². The molecule has 0 aromatic rings. The summed E-state index contributed by atoms with van der Waals surface area (Å²) < 4.78 is 0. The largest absolute Gasteiger partial charge is 0.388 e. The smallest absolute Gasteiger partial charge is 0.245 e. The molecule has 0 aromatic carbocycles. The average molecular weight is 463 g/mol. The quantitative estimate of drug-likeness (QED) is 0.187. The van der Waals surface area contributed by atoms with Gasteiger partial charge in [-0.15, -0.1) is 0 Å². The van der Waals surface area contributed by atoms with E-state index in [9.17, 15) is 14.4 Å². The van der Waals surface area contributed by atoms with Crippen LogP contribution in [0.15, 0.2) is 0 Å². The van der Waals surface area contributed by atoms with Crippen molar-refractivity contribution in [1.29, 1.82) is 5.41 Å². The van der Waals surface area contributed by atoms with Crippen LogP contribution in [-0.4, -0.2) is 75.6 Å². The molecule has 0 aromatic heterocycles. The fourth-order valence-electron chi connectivity index (χ4n) is 5.43. The van der Waals surface area contributed by atoms with Crippen molar-refractivity contribution < 1.29 is 14.4 Å². The molecule has 186 valence electrons. The number of amidine groups is 1. The van der Waals surface area contributed by atoms with Crippen LogP contribution < -0.4 is 16.4 Å². The topological polar surface area (TPSA) is 131 Å². The Balaban J connectivity index is 1.90. The zero-order valence-electron chi connectivity index (χ0n) is 20.8. The molecule has 0 spiro atoms. The number of unbranched alkanes of at least 4 members (excludes halogenated alkanes) is 1. The number of carbonyl (C=O) groups excluding carboxylic acids is 3. The second-order valence-electron chi connectivity index (χ2n) is 11.3. The number of rotatable bonds is 8. The minimum absolute atomic E-state index is 0.00388. The Kier molecular flexibility index (Phi) is 7.71. The summed E-state index contributed by atoms with van der Waals surface area (Å²) in [5.74, 6) is 0.182. The number of fused-ring (bicyclic) bond motifs is 2. The van der Waals surface area contributed by atoms with Gasteiger partial charge in [-0.25, -0.2) is 0 Å². The Hall–Kier alpha value is -2.16. The first-order chi connectivity index (χ1) is 15.4. The molecule has 3 fully saturated rings. The van der Waals surface area contributed by atoms with Gasteiger partial charge < -0.3 is 21.3 Å². The van der Waals surface area contributed by atoms with E-state index in [0.717, 1.165) is 12.8 Å². The first kappa shape index (κ1) is 25.5. The van der Waals surface area contributed by atoms with Crippen LogP contribution in [0.3, 0.4) is 0 Å². The maximum absolute atomic E-state index is 13.6. The summed E-state index contributed by atoms with van der Waals surface area (Å²) >= 11 is 0. The predicted octanol–water partition coefficient (Wildman–Crippen LogP) is 1.35. The standard InChI is InChI=1S/C24H42N6O3/c1-14(2)13-17-19-20(22(32)28-24(3,4)5)29-12-8-10-16(29)21(31)27-15(23(33)30(17)19)9-6-7-11-18(25)26/h14-17,19-20H,6-13H2,1-5H3,(H3,25,26)(H,27,31)(H,28,32)/t15-,16+,17-,19+,20?,30?/m0/s1. The fourth-order valence-corrected chi connectivity index (χ4v) is 5.43. The van der Waals surface area contributed by atoms with Crippen molar-refractivity contribution in [2.75, 3.05) is 6.54 Å². The number of carbonyl (C=O) groups is 3. The summed E-state index contributed by atoms with van der Waals surface area (Å²) in [4.78, 5) is 44.3. The molecule has 33 heavy (non-hydrogen) atoms. The van der Waals surface area contributed by atoms with E-state index in [2.05, 4.69) is 24.5 Å². The molecule has 0 bridgehead atoms. The summed E-state index contributed by atoms with van der Waals surface area (Å²) in [6.45, 7) is 10.8. The third-order valence-corrected chi connectivity index (χ3v) is 6.80. The highest BCUT2D eigenvalue weighted by Gasteiger charge is 2.61. The molecule has 3 rings (SSSR count). The van der Waals surface area contributed by atoms with Gasteiger partial charge >= 0.3 is 0 Å². The Bertz CT molecular complexity index is 777. The molecule has 1 unspecified atom stereocenters. The van der Waals surface area contributed by atoms with E-state index in [-0.39, 0.29) is 35.6 Å². The maximum atomic E-state index is 13.6. The van der Waals surface area contributed by atoms with Gasteiger partial charge in [0.15, 0.2) is 0 Å². The average Bonchev–Trinajstić information content (AvgIpc) is 3.12. The van der Waals surface area contributed by atoms with Crippen LogP contribution in [0.1, 0.15) is 79.6 Å². The molecular weight excluding hydrogens is 420 g/mol. The maximum Gasteiger partial charge on any atom is 0.245 e. The lowest BCUT2D eigenvalue weighted by Crippen LogP contribution is -2.58. The van der Waals surface area contributed by atoms with E-state index < -0.39 is 23.7 Å². The summed E-state index contributed by atoms with van der Waals surface area (Å²) in [6, 6.07) is -1.73.